The van der Waals surface area contributed by atoms with E-state index < -0.39 is 41.3 Å². The molecule has 0 spiro atoms. The number of imide groups is 1. The SMILES string of the molecule is COCC1=C(C(=O)O)C(c2ccc(F)c(F)c2)N(C(=O)NCCNC2CCN(c3ccc(C#N)cc3)CC2)C(=O)N1. The van der Waals surface area contributed by atoms with E-state index in [1.54, 1.807) is 12.1 Å². The van der Waals surface area contributed by atoms with Crippen LogP contribution in [-0.4, -0.2) is 74.0 Å². The number of ether oxygens (including phenoxy) is 1. The van der Waals surface area contributed by atoms with Crippen molar-refractivity contribution >= 4 is 23.7 Å². The van der Waals surface area contributed by atoms with Crippen LogP contribution in [0.15, 0.2) is 53.7 Å². The Bertz CT molecular complexity index is 1370. The molecule has 13 heteroatoms. The number of nitrogens with zero attached hydrogens (tertiary/aromatic N) is 3. The van der Waals surface area contributed by atoms with Gasteiger partial charge < -0.3 is 30.7 Å². The molecule has 2 aliphatic rings. The number of hydrogen-bond donors (Lipinski definition) is 4. The highest BCUT2D eigenvalue weighted by molar-refractivity contribution is 6.01. The van der Waals surface area contributed by atoms with E-state index in [-0.39, 0.29) is 30.5 Å². The first-order valence-corrected chi connectivity index (χ1v) is 13.0. The maximum absolute atomic E-state index is 14.1. The first-order valence-electron chi connectivity index (χ1n) is 13.0. The Labute approximate surface area is 235 Å². The minimum atomic E-state index is -1.53. The summed E-state index contributed by atoms with van der Waals surface area (Å²) >= 11 is 0. The number of urea groups is 2. The summed E-state index contributed by atoms with van der Waals surface area (Å²) in [6, 6.07) is 9.07. The highest BCUT2D eigenvalue weighted by Crippen LogP contribution is 2.34. The van der Waals surface area contributed by atoms with Crippen LogP contribution in [-0.2, 0) is 9.53 Å². The van der Waals surface area contributed by atoms with E-state index in [0.29, 0.717) is 17.0 Å². The number of carbonyl (C=O) groups is 3. The topological polar surface area (TPSA) is 147 Å². The fraction of sp³-hybridized carbons (Fsp3) is 0.357. The monoisotopic (exact) mass is 568 g/mol. The van der Waals surface area contributed by atoms with Gasteiger partial charge in [-0.15, -0.1) is 0 Å². The molecular weight excluding hydrogens is 538 g/mol. The van der Waals surface area contributed by atoms with Crippen LogP contribution in [0.1, 0.15) is 30.0 Å². The van der Waals surface area contributed by atoms with Crippen LogP contribution in [0.5, 0.6) is 0 Å². The quantitative estimate of drug-likeness (QED) is 0.338. The summed E-state index contributed by atoms with van der Waals surface area (Å²) in [6.45, 7) is 1.85. The summed E-state index contributed by atoms with van der Waals surface area (Å²) < 4.78 is 32.7. The predicted octanol–water partition coefficient (Wildman–Crippen LogP) is 2.86. The van der Waals surface area contributed by atoms with Crippen LogP contribution < -0.4 is 20.9 Å². The van der Waals surface area contributed by atoms with E-state index in [1.165, 1.54) is 7.11 Å². The zero-order valence-electron chi connectivity index (χ0n) is 22.3. The molecule has 2 aromatic rings. The van der Waals surface area contributed by atoms with E-state index in [9.17, 15) is 28.3 Å². The molecule has 0 bridgehead atoms. The second kappa shape index (κ2) is 13.2. The second-order valence-electron chi connectivity index (χ2n) is 9.61. The van der Waals surface area contributed by atoms with Crippen molar-refractivity contribution in [2.75, 3.05) is 44.8 Å². The lowest BCUT2D eigenvalue weighted by Crippen LogP contribution is -2.55. The molecule has 4 N–H and O–H groups in total. The average Bonchev–Trinajstić information content (AvgIpc) is 2.96. The number of carboxylic acids is 1. The minimum Gasteiger partial charge on any atom is -0.478 e. The van der Waals surface area contributed by atoms with Gasteiger partial charge in [0.2, 0.25) is 0 Å². The van der Waals surface area contributed by atoms with Crippen molar-refractivity contribution in [3.8, 4) is 6.07 Å². The van der Waals surface area contributed by atoms with Gasteiger partial charge in [0.1, 0.15) is 6.04 Å². The molecule has 0 radical (unpaired) electrons. The van der Waals surface area contributed by atoms with E-state index in [1.807, 2.05) is 12.1 Å². The highest BCUT2D eigenvalue weighted by Gasteiger charge is 2.42. The van der Waals surface area contributed by atoms with E-state index >= 15 is 0 Å². The summed E-state index contributed by atoms with van der Waals surface area (Å²) in [5.41, 5.74) is 1.06. The molecule has 1 fully saturated rings. The van der Waals surface area contributed by atoms with Gasteiger partial charge >= 0.3 is 18.0 Å². The summed E-state index contributed by atoms with van der Waals surface area (Å²) in [7, 11) is 1.30. The molecule has 1 unspecified atom stereocenters. The number of aliphatic carboxylic acids is 1. The van der Waals surface area contributed by atoms with Gasteiger partial charge in [0.15, 0.2) is 11.6 Å². The van der Waals surface area contributed by atoms with E-state index in [2.05, 4.69) is 26.9 Å². The van der Waals surface area contributed by atoms with Crippen LogP contribution >= 0.6 is 0 Å². The van der Waals surface area contributed by atoms with Crippen LogP contribution in [0.2, 0.25) is 0 Å². The van der Waals surface area contributed by atoms with Crippen molar-refractivity contribution in [1.29, 1.82) is 5.26 Å². The Kier molecular flexibility index (Phi) is 9.49. The molecule has 216 valence electrons. The lowest BCUT2D eigenvalue weighted by Gasteiger charge is -2.36. The molecule has 0 saturated carbocycles. The smallest absolute Gasteiger partial charge is 0.335 e. The largest absolute Gasteiger partial charge is 0.478 e. The van der Waals surface area contributed by atoms with Crippen molar-refractivity contribution in [2.45, 2.75) is 24.9 Å². The van der Waals surface area contributed by atoms with Gasteiger partial charge in [-0.2, -0.15) is 5.26 Å². The Morgan fingerprint density at radius 2 is 1.83 bits per heavy atom. The zero-order chi connectivity index (χ0) is 29.5. The number of nitrogens with one attached hydrogen (secondary N) is 3. The molecular formula is C28H30F2N6O5. The fourth-order valence-electron chi connectivity index (χ4n) is 5.00. The number of carbonyl (C=O) groups excluding carboxylic acids is 2. The molecule has 2 aromatic carbocycles. The van der Waals surface area contributed by atoms with Gasteiger partial charge in [-0.3, -0.25) is 0 Å². The summed E-state index contributed by atoms with van der Waals surface area (Å²) in [5.74, 6) is -3.86. The zero-order valence-corrected chi connectivity index (χ0v) is 22.3. The van der Waals surface area contributed by atoms with Gasteiger partial charge in [0, 0.05) is 45.0 Å². The van der Waals surface area contributed by atoms with E-state index in [4.69, 9.17) is 10.00 Å². The summed E-state index contributed by atoms with van der Waals surface area (Å²) in [4.78, 5) is 41.2. The van der Waals surface area contributed by atoms with Crippen molar-refractivity contribution in [1.82, 2.24) is 20.9 Å². The average molecular weight is 569 g/mol. The third-order valence-electron chi connectivity index (χ3n) is 7.02. The van der Waals surface area contributed by atoms with Crippen LogP contribution in [0, 0.1) is 23.0 Å². The van der Waals surface area contributed by atoms with Crippen molar-refractivity contribution in [3.05, 3.63) is 76.5 Å². The molecule has 4 rings (SSSR count). The molecule has 11 nitrogen and oxygen atoms in total. The normalized spacial score (nSPS) is 17.7. The molecule has 41 heavy (non-hydrogen) atoms. The number of nitriles is 1. The Morgan fingerprint density at radius 3 is 2.44 bits per heavy atom. The van der Waals surface area contributed by atoms with Crippen molar-refractivity contribution in [2.24, 2.45) is 0 Å². The van der Waals surface area contributed by atoms with Crippen molar-refractivity contribution in [3.63, 3.8) is 0 Å². The first-order chi connectivity index (χ1) is 19.7. The maximum atomic E-state index is 14.1. The molecule has 4 amide bonds. The molecule has 2 heterocycles. The molecule has 2 aliphatic heterocycles. The van der Waals surface area contributed by atoms with Gasteiger partial charge in [-0.25, -0.2) is 28.1 Å². The Balaban J connectivity index is 1.38. The van der Waals surface area contributed by atoms with Crippen LogP contribution in [0.3, 0.4) is 0 Å². The number of benzene rings is 2. The van der Waals surface area contributed by atoms with Gasteiger partial charge in [0.05, 0.1) is 29.5 Å². The fourth-order valence-corrected chi connectivity index (χ4v) is 5.00. The molecule has 1 atom stereocenters. The second-order valence-corrected chi connectivity index (χ2v) is 9.61. The van der Waals surface area contributed by atoms with E-state index in [0.717, 1.165) is 49.8 Å². The van der Waals surface area contributed by atoms with Crippen LogP contribution in [0.25, 0.3) is 0 Å². The number of rotatable bonds is 9. The van der Waals surface area contributed by atoms with Gasteiger partial charge in [-0.1, -0.05) is 6.07 Å². The molecule has 1 saturated heterocycles. The number of amides is 4. The Hall–Kier alpha value is -4.54. The lowest BCUT2D eigenvalue weighted by molar-refractivity contribution is -0.133. The predicted molar refractivity (Wildman–Crippen MR) is 144 cm³/mol. The number of anilines is 1. The van der Waals surface area contributed by atoms with Crippen LogP contribution in [0.4, 0.5) is 24.1 Å². The van der Waals surface area contributed by atoms with Gasteiger partial charge in [-0.05, 0) is 54.8 Å². The summed E-state index contributed by atoms with van der Waals surface area (Å²) in [6.07, 6.45) is 1.71. The number of carboxylic acid groups (broad SMARTS) is 1. The molecule has 0 aromatic heterocycles. The third kappa shape index (κ3) is 6.79. The third-order valence-corrected chi connectivity index (χ3v) is 7.02. The summed E-state index contributed by atoms with van der Waals surface area (Å²) in [5, 5.41) is 27.3. The first kappa shape index (κ1) is 29.4. The lowest BCUT2D eigenvalue weighted by atomic mass is 9.93. The Morgan fingerprint density at radius 1 is 1.12 bits per heavy atom. The molecule has 0 aliphatic carbocycles. The standard InChI is InChI=1S/C28H30F2N6O5/c1-41-16-23-24(26(37)38)25(18-4-7-21(29)22(30)14-18)36(28(40)34-23)27(39)33-11-10-32-19-8-12-35(13-9-19)20-5-2-17(15-31)3-6-20/h2-7,14,19,25,32H,8-13,16H2,1H3,(H,33,39)(H,34,40)(H,37,38). The number of halogens is 2. The minimum absolute atomic E-state index is 0.0907. The van der Waals surface area contributed by atoms with Crippen molar-refractivity contribution < 1.29 is 33.0 Å². The number of piperidine rings is 1. The maximum Gasteiger partial charge on any atom is 0.335 e. The number of methoxy groups -OCH3 is 1. The number of hydrogen-bond acceptors (Lipinski definition) is 7. The highest BCUT2D eigenvalue weighted by atomic mass is 19.2. The van der Waals surface area contributed by atoms with Gasteiger partial charge in [0.25, 0.3) is 0 Å².